The average molecular weight is 401 g/mol. The number of hydrogen-bond acceptors (Lipinski definition) is 5. The lowest BCUT2D eigenvalue weighted by atomic mass is 10.1. The summed E-state index contributed by atoms with van der Waals surface area (Å²) in [6, 6.07) is 13.3. The van der Waals surface area contributed by atoms with E-state index >= 15 is 0 Å². The smallest absolute Gasteiger partial charge is 0.242 e. The Kier molecular flexibility index (Phi) is 6.30. The highest BCUT2D eigenvalue weighted by Crippen LogP contribution is 2.31. The highest BCUT2D eigenvalue weighted by molar-refractivity contribution is 8.15. The number of nitrogens with two attached hydrogens (primary N) is 1. The van der Waals surface area contributed by atoms with Crippen LogP contribution in [0.15, 0.2) is 53.5 Å². The minimum absolute atomic E-state index is 0.0506. The first kappa shape index (κ1) is 19.9. The van der Waals surface area contributed by atoms with Crippen molar-refractivity contribution < 1.29 is 18.7 Å². The van der Waals surface area contributed by atoms with Crippen LogP contribution in [-0.2, 0) is 16.0 Å². The lowest BCUT2D eigenvalue weighted by Gasteiger charge is -2.16. The second-order valence-corrected chi connectivity index (χ2v) is 7.41. The number of rotatable bonds is 7. The molecule has 0 radical (unpaired) electrons. The van der Waals surface area contributed by atoms with Gasteiger partial charge < -0.3 is 10.5 Å². The van der Waals surface area contributed by atoms with E-state index in [2.05, 4.69) is 4.99 Å². The van der Waals surface area contributed by atoms with Crippen LogP contribution >= 0.6 is 11.8 Å². The van der Waals surface area contributed by atoms with Crippen molar-refractivity contribution in [3.8, 4) is 5.75 Å². The predicted molar refractivity (Wildman–Crippen MR) is 107 cm³/mol. The number of halogens is 1. The molecule has 0 spiro atoms. The molecule has 0 unspecified atom stereocenters. The Hall–Kier alpha value is -2.87. The fourth-order valence-corrected chi connectivity index (χ4v) is 3.97. The summed E-state index contributed by atoms with van der Waals surface area (Å²) in [6.07, 6.45) is 0.562. The molecule has 0 bridgehead atoms. The number of hydrogen-bond donors (Lipinski definition) is 1. The third-order valence-corrected chi connectivity index (χ3v) is 5.42. The van der Waals surface area contributed by atoms with E-state index in [1.807, 2.05) is 24.3 Å². The number of carbonyl (C=O) groups is 2. The van der Waals surface area contributed by atoms with Gasteiger partial charge in [0.2, 0.25) is 11.8 Å². The summed E-state index contributed by atoms with van der Waals surface area (Å²) in [6.45, 7) is 0.410. The number of methoxy groups -OCH3 is 1. The van der Waals surface area contributed by atoms with Gasteiger partial charge in [-0.2, -0.15) is 0 Å². The van der Waals surface area contributed by atoms with Gasteiger partial charge in [-0.1, -0.05) is 23.9 Å². The summed E-state index contributed by atoms with van der Waals surface area (Å²) in [7, 11) is 1.60. The summed E-state index contributed by atoms with van der Waals surface area (Å²) in [5, 5.41) is -0.107. The molecule has 2 N–H and O–H groups in total. The van der Waals surface area contributed by atoms with Gasteiger partial charge >= 0.3 is 0 Å². The molecule has 8 heteroatoms. The van der Waals surface area contributed by atoms with Crippen LogP contribution < -0.4 is 10.5 Å². The topological polar surface area (TPSA) is 85.0 Å². The molecular weight excluding hydrogens is 381 g/mol. The van der Waals surface area contributed by atoms with Gasteiger partial charge in [-0.25, -0.2) is 9.38 Å². The summed E-state index contributed by atoms with van der Waals surface area (Å²) < 4.78 is 18.3. The summed E-state index contributed by atoms with van der Waals surface area (Å²) in [5.41, 5.74) is 6.84. The summed E-state index contributed by atoms with van der Waals surface area (Å²) in [4.78, 5) is 30.1. The highest BCUT2D eigenvalue weighted by Gasteiger charge is 2.38. The monoisotopic (exact) mass is 401 g/mol. The second kappa shape index (κ2) is 8.88. The fourth-order valence-electron chi connectivity index (χ4n) is 2.77. The Morgan fingerprint density at radius 2 is 1.89 bits per heavy atom. The van der Waals surface area contributed by atoms with Crippen molar-refractivity contribution >= 4 is 34.4 Å². The standard InChI is InChI=1S/C20H20FN3O3S/c1-27-16-8-2-13(3-9-16)10-11-24-19(26)17(12-18(22)25)28-20(24)23-15-6-4-14(21)5-7-15/h2-9,17H,10-12H2,1H3,(H2,22,25)/t17-/m1/s1. The van der Waals surface area contributed by atoms with E-state index in [-0.39, 0.29) is 18.1 Å². The zero-order valence-corrected chi connectivity index (χ0v) is 16.1. The van der Waals surface area contributed by atoms with Crippen LogP contribution in [-0.4, -0.2) is 40.8 Å². The van der Waals surface area contributed by atoms with Crippen molar-refractivity contribution in [3.63, 3.8) is 0 Å². The van der Waals surface area contributed by atoms with E-state index < -0.39 is 11.2 Å². The molecule has 2 amide bonds. The van der Waals surface area contributed by atoms with Gasteiger partial charge in [0.05, 0.1) is 12.8 Å². The van der Waals surface area contributed by atoms with Crippen molar-refractivity contribution in [1.29, 1.82) is 0 Å². The molecule has 1 aliphatic heterocycles. The van der Waals surface area contributed by atoms with Crippen LogP contribution in [0, 0.1) is 5.82 Å². The first-order chi connectivity index (χ1) is 13.5. The van der Waals surface area contributed by atoms with Gasteiger partial charge in [0.1, 0.15) is 16.8 Å². The normalized spacial score (nSPS) is 17.9. The fraction of sp³-hybridized carbons (Fsp3) is 0.250. The number of thioether (sulfide) groups is 1. The minimum atomic E-state index is -0.590. The van der Waals surface area contributed by atoms with Gasteiger partial charge in [0, 0.05) is 13.0 Å². The average Bonchev–Trinajstić information content (AvgIpc) is 2.96. The maximum atomic E-state index is 13.1. The van der Waals surface area contributed by atoms with Crippen molar-refractivity contribution in [2.75, 3.05) is 13.7 Å². The molecule has 146 valence electrons. The van der Waals surface area contributed by atoms with Gasteiger partial charge in [0.15, 0.2) is 5.17 Å². The zero-order valence-electron chi connectivity index (χ0n) is 15.3. The molecule has 1 fully saturated rings. The third-order valence-electron chi connectivity index (χ3n) is 4.24. The molecule has 2 aromatic carbocycles. The van der Waals surface area contributed by atoms with E-state index in [1.54, 1.807) is 12.0 Å². The molecule has 1 atom stereocenters. The second-order valence-electron chi connectivity index (χ2n) is 6.24. The predicted octanol–water partition coefficient (Wildman–Crippen LogP) is 2.88. The molecular formula is C20H20FN3O3S. The van der Waals surface area contributed by atoms with Crippen LogP contribution in [0.3, 0.4) is 0 Å². The highest BCUT2D eigenvalue weighted by atomic mass is 32.2. The largest absolute Gasteiger partial charge is 0.497 e. The number of aliphatic imine (C=N–C) groups is 1. The van der Waals surface area contributed by atoms with Crippen molar-refractivity contribution in [2.24, 2.45) is 10.7 Å². The molecule has 28 heavy (non-hydrogen) atoms. The van der Waals surface area contributed by atoms with Crippen molar-refractivity contribution in [2.45, 2.75) is 18.1 Å². The Bertz CT molecular complexity index is 885. The quantitative estimate of drug-likeness (QED) is 0.773. The molecule has 0 aromatic heterocycles. The van der Waals surface area contributed by atoms with Crippen LogP contribution in [0.4, 0.5) is 10.1 Å². The Labute approximate surface area is 166 Å². The summed E-state index contributed by atoms with van der Waals surface area (Å²) in [5.74, 6) is -0.333. The minimum Gasteiger partial charge on any atom is -0.497 e. The van der Waals surface area contributed by atoms with Crippen molar-refractivity contribution in [1.82, 2.24) is 4.90 Å². The van der Waals surface area contributed by atoms with E-state index in [1.165, 1.54) is 36.0 Å². The Morgan fingerprint density at radius 1 is 1.21 bits per heavy atom. The molecule has 1 aliphatic rings. The van der Waals surface area contributed by atoms with Crippen LogP contribution in [0.5, 0.6) is 5.75 Å². The SMILES string of the molecule is COc1ccc(CCN2C(=O)[C@@H](CC(N)=O)SC2=Nc2ccc(F)cc2)cc1. The third kappa shape index (κ3) is 4.89. The molecule has 3 rings (SSSR count). The van der Waals surface area contributed by atoms with Crippen molar-refractivity contribution in [3.05, 3.63) is 59.9 Å². The number of amides is 2. The molecule has 1 saturated heterocycles. The Morgan fingerprint density at radius 3 is 2.50 bits per heavy atom. The molecule has 2 aromatic rings. The lowest BCUT2D eigenvalue weighted by Crippen LogP contribution is -2.35. The van der Waals surface area contributed by atoms with Gasteiger partial charge in [0.25, 0.3) is 0 Å². The maximum absolute atomic E-state index is 13.1. The molecule has 0 saturated carbocycles. The van der Waals surface area contributed by atoms with Crippen LogP contribution in [0.2, 0.25) is 0 Å². The molecule has 6 nitrogen and oxygen atoms in total. The van der Waals surface area contributed by atoms with E-state index in [0.717, 1.165) is 11.3 Å². The zero-order chi connectivity index (χ0) is 20.1. The van der Waals surface area contributed by atoms with Gasteiger partial charge in [-0.3, -0.25) is 14.5 Å². The van der Waals surface area contributed by atoms with Crippen LogP contribution in [0.25, 0.3) is 0 Å². The first-order valence-electron chi connectivity index (χ1n) is 8.70. The number of nitrogens with zero attached hydrogens (tertiary/aromatic N) is 2. The maximum Gasteiger partial charge on any atom is 0.242 e. The number of ether oxygens (including phenoxy) is 1. The van der Waals surface area contributed by atoms with E-state index in [4.69, 9.17) is 10.5 Å². The number of amidine groups is 1. The first-order valence-corrected chi connectivity index (χ1v) is 9.58. The van der Waals surface area contributed by atoms with Gasteiger partial charge in [-0.05, 0) is 48.4 Å². The van der Waals surface area contributed by atoms with E-state index in [0.29, 0.717) is 23.8 Å². The van der Waals surface area contributed by atoms with Crippen LogP contribution in [0.1, 0.15) is 12.0 Å². The number of carbonyl (C=O) groups excluding carboxylic acids is 2. The number of primary amides is 1. The van der Waals surface area contributed by atoms with Gasteiger partial charge in [-0.15, -0.1) is 0 Å². The molecule has 0 aliphatic carbocycles. The lowest BCUT2D eigenvalue weighted by molar-refractivity contribution is -0.128. The number of benzene rings is 2. The Balaban J connectivity index is 1.79. The van der Waals surface area contributed by atoms with E-state index in [9.17, 15) is 14.0 Å². The molecule has 1 heterocycles. The summed E-state index contributed by atoms with van der Waals surface area (Å²) >= 11 is 1.21.